The number of carbonyl (C=O) groups is 1. The van der Waals surface area contributed by atoms with Crippen LogP contribution in [0.5, 0.6) is 0 Å². The molecule has 18 heavy (non-hydrogen) atoms. The monoisotopic (exact) mass is 245 g/mol. The third kappa shape index (κ3) is 2.74. The van der Waals surface area contributed by atoms with Gasteiger partial charge >= 0.3 is 0 Å². The molecule has 0 bridgehead atoms. The molecule has 1 aliphatic rings. The molecule has 98 valence electrons. The Balaban J connectivity index is 2.07. The highest BCUT2D eigenvalue weighted by Crippen LogP contribution is 2.29. The zero-order chi connectivity index (χ0) is 13.1. The van der Waals surface area contributed by atoms with E-state index in [0.717, 1.165) is 36.8 Å². The fraction of sp³-hybridized carbons (Fsp3) is 0.562. The highest BCUT2D eigenvalue weighted by molar-refractivity contribution is 5.77. The van der Waals surface area contributed by atoms with E-state index in [9.17, 15) is 4.79 Å². The van der Waals surface area contributed by atoms with Crippen molar-refractivity contribution in [2.75, 3.05) is 18.0 Å². The van der Waals surface area contributed by atoms with Crippen molar-refractivity contribution in [3.63, 3.8) is 0 Å². The van der Waals surface area contributed by atoms with Crippen molar-refractivity contribution in [1.29, 1.82) is 0 Å². The quantitative estimate of drug-likeness (QED) is 0.757. The van der Waals surface area contributed by atoms with Crippen LogP contribution in [0.4, 0.5) is 5.69 Å². The van der Waals surface area contributed by atoms with Crippen LogP contribution in [-0.2, 0) is 0 Å². The first kappa shape index (κ1) is 13.1. The molecule has 0 unspecified atom stereocenters. The molecule has 0 N–H and O–H groups in total. The summed E-state index contributed by atoms with van der Waals surface area (Å²) in [4.78, 5) is 13.2. The lowest BCUT2D eigenvalue weighted by Crippen LogP contribution is -2.35. The van der Waals surface area contributed by atoms with E-state index in [2.05, 4.69) is 31.7 Å². The average Bonchev–Trinajstić information content (AvgIpc) is 2.38. The first-order valence-corrected chi connectivity index (χ1v) is 6.92. The summed E-state index contributed by atoms with van der Waals surface area (Å²) in [5.41, 5.74) is 3.28. The van der Waals surface area contributed by atoms with Crippen LogP contribution < -0.4 is 4.90 Å². The van der Waals surface area contributed by atoms with Crippen molar-refractivity contribution in [3.05, 3.63) is 29.3 Å². The number of hydrogen-bond donors (Lipinski definition) is 0. The molecular formula is C16H23NO. The third-order valence-electron chi connectivity index (χ3n) is 4.18. The molecule has 0 radical (unpaired) electrons. The molecule has 0 atom stereocenters. The zero-order valence-corrected chi connectivity index (χ0v) is 11.6. The molecule has 0 aliphatic carbocycles. The number of hydrogen-bond acceptors (Lipinski definition) is 2. The van der Waals surface area contributed by atoms with E-state index in [-0.39, 0.29) is 0 Å². The van der Waals surface area contributed by atoms with E-state index >= 15 is 0 Å². The van der Waals surface area contributed by atoms with E-state index < -0.39 is 0 Å². The van der Waals surface area contributed by atoms with Crippen LogP contribution in [0.25, 0.3) is 0 Å². The summed E-state index contributed by atoms with van der Waals surface area (Å²) in [6.45, 7) is 9.03. The Bertz CT molecular complexity index is 417. The predicted molar refractivity (Wildman–Crippen MR) is 76.3 cm³/mol. The molecule has 0 aromatic heterocycles. The Morgan fingerprint density at radius 3 is 2.44 bits per heavy atom. The number of benzene rings is 1. The molecule has 1 aromatic rings. The minimum Gasteiger partial charge on any atom is -0.371 e. The van der Waals surface area contributed by atoms with Gasteiger partial charge in [0.1, 0.15) is 6.29 Å². The summed E-state index contributed by atoms with van der Waals surface area (Å²) in [5, 5.41) is 0. The maximum Gasteiger partial charge on any atom is 0.150 e. The second-order valence-electron chi connectivity index (χ2n) is 5.73. The first-order valence-electron chi connectivity index (χ1n) is 6.92. The van der Waals surface area contributed by atoms with E-state index in [1.54, 1.807) is 0 Å². The van der Waals surface area contributed by atoms with Crippen LogP contribution in [0.2, 0.25) is 0 Å². The lowest BCUT2D eigenvalue weighted by molar-refractivity contribution is 0.112. The topological polar surface area (TPSA) is 20.3 Å². The fourth-order valence-corrected chi connectivity index (χ4v) is 2.91. The van der Waals surface area contributed by atoms with Gasteiger partial charge in [-0.15, -0.1) is 0 Å². The SMILES string of the molecule is Cc1cc(C=O)ccc1N1CCC(C(C)C)CC1. The molecule has 1 aromatic carbocycles. The summed E-state index contributed by atoms with van der Waals surface area (Å²) >= 11 is 0. The summed E-state index contributed by atoms with van der Waals surface area (Å²) in [6.07, 6.45) is 3.49. The van der Waals surface area contributed by atoms with Gasteiger partial charge in [0.05, 0.1) is 0 Å². The number of piperidine rings is 1. The van der Waals surface area contributed by atoms with E-state index in [1.807, 2.05) is 12.1 Å². The van der Waals surface area contributed by atoms with Gasteiger partial charge in [0.25, 0.3) is 0 Å². The van der Waals surface area contributed by atoms with Crippen LogP contribution in [0.1, 0.15) is 42.6 Å². The summed E-state index contributed by atoms with van der Waals surface area (Å²) < 4.78 is 0. The van der Waals surface area contributed by atoms with E-state index in [4.69, 9.17) is 0 Å². The van der Waals surface area contributed by atoms with Gasteiger partial charge in [-0.1, -0.05) is 13.8 Å². The van der Waals surface area contributed by atoms with Gasteiger partial charge in [0.15, 0.2) is 0 Å². The van der Waals surface area contributed by atoms with Gasteiger partial charge in [-0.2, -0.15) is 0 Å². The summed E-state index contributed by atoms with van der Waals surface area (Å²) in [6, 6.07) is 6.00. The normalized spacial score (nSPS) is 17.2. The highest BCUT2D eigenvalue weighted by atomic mass is 16.1. The summed E-state index contributed by atoms with van der Waals surface area (Å²) in [5.74, 6) is 1.67. The van der Waals surface area contributed by atoms with Gasteiger partial charge in [0, 0.05) is 24.3 Å². The maximum absolute atomic E-state index is 10.8. The largest absolute Gasteiger partial charge is 0.371 e. The van der Waals surface area contributed by atoms with Gasteiger partial charge in [-0.3, -0.25) is 4.79 Å². The van der Waals surface area contributed by atoms with Crippen LogP contribution in [0, 0.1) is 18.8 Å². The molecule has 2 nitrogen and oxygen atoms in total. The second-order valence-corrected chi connectivity index (χ2v) is 5.73. The molecule has 0 spiro atoms. The standard InChI is InChI=1S/C16H23NO/c1-12(2)15-6-8-17(9-7-15)16-5-4-14(11-18)10-13(16)3/h4-5,10-12,15H,6-9H2,1-3H3. The summed E-state index contributed by atoms with van der Waals surface area (Å²) in [7, 11) is 0. The Morgan fingerprint density at radius 2 is 1.94 bits per heavy atom. The van der Waals surface area contributed by atoms with Crippen molar-refractivity contribution in [1.82, 2.24) is 0 Å². The molecule has 0 amide bonds. The van der Waals surface area contributed by atoms with Crippen molar-refractivity contribution < 1.29 is 4.79 Å². The van der Waals surface area contributed by atoms with Crippen LogP contribution in [-0.4, -0.2) is 19.4 Å². The molecule has 0 saturated carbocycles. The number of rotatable bonds is 3. The molecule has 1 saturated heterocycles. The van der Waals surface area contributed by atoms with Gasteiger partial charge in [-0.05, 0) is 55.4 Å². The van der Waals surface area contributed by atoms with Gasteiger partial charge in [-0.25, -0.2) is 0 Å². The van der Waals surface area contributed by atoms with Crippen LogP contribution >= 0.6 is 0 Å². The maximum atomic E-state index is 10.8. The van der Waals surface area contributed by atoms with Gasteiger partial charge < -0.3 is 4.90 Å². The van der Waals surface area contributed by atoms with Crippen molar-refractivity contribution >= 4 is 12.0 Å². The minimum absolute atomic E-state index is 0.772. The third-order valence-corrected chi connectivity index (χ3v) is 4.18. The predicted octanol–water partition coefficient (Wildman–Crippen LogP) is 3.68. The zero-order valence-electron chi connectivity index (χ0n) is 11.6. The van der Waals surface area contributed by atoms with Crippen molar-refractivity contribution in [3.8, 4) is 0 Å². The Morgan fingerprint density at radius 1 is 1.28 bits per heavy atom. The Hall–Kier alpha value is -1.31. The van der Waals surface area contributed by atoms with Crippen molar-refractivity contribution in [2.24, 2.45) is 11.8 Å². The number of nitrogens with zero attached hydrogens (tertiary/aromatic N) is 1. The van der Waals surface area contributed by atoms with E-state index in [1.165, 1.54) is 24.1 Å². The van der Waals surface area contributed by atoms with Crippen LogP contribution in [0.15, 0.2) is 18.2 Å². The number of aldehydes is 1. The first-order chi connectivity index (χ1) is 8.61. The minimum atomic E-state index is 0.772. The second kappa shape index (κ2) is 5.55. The molecule has 1 fully saturated rings. The molecule has 2 rings (SSSR count). The van der Waals surface area contributed by atoms with E-state index in [0.29, 0.717) is 0 Å². The molecule has 1 heterocycles. The molecular weight excluding hydrogens is 222 g/mol. The Labute approximate surface area is 110 Å². The molecule has 1 aliphatic heterocycles. The highest BCUT2D eigenvalue weighted by Gasteiger charge is 2.22. The number of anilines is 1. The Kier molecular flexibility index (Phi) is 4.05. The van der Waals surface area contributed by atoms with Crippen molar-refractivity contribution in [2.45, 2.75) is 33.6 Å². The smallest absolute Gasteiger partial charge is 0.150 e. The van der Waals surface area contributed by atoms with Crippen LogP contribution in [0.3, 0.4) is 0 Å². The average molecular weight is 245 g/mol. The number of aryl methyl sites for hydroxylation is 1. The number of carbonyl (C=O) groups excluding carboxylic acids is 1. The van der Waals surface area contributed by atoms with Gasteiger partial charge in [0.2, 0.25) is 0 Å². The molecule has 2 heteroatoms. The fourth-order valence-electron chi connectivity index (χ4n) is 2.91. The lowest BCUT2D eigenvalue weighted by Gasteiger charge is -2.36. The lowest BCUT2D eigenvalue weighted by atomic mass is 9.86.